The van der Waals surface area contributed by atoms with Gasteiger partial charge < -0.3 is 9.80 Å². The first-order valence-electron chi connectivity index (χ1n) is 5.92. The molecule has 1 aliphatic heterocycles. The van der Waals surface area contributed by atoms with Crippen LogP contribution in [0, 0.1) is 5.82 Å². The normalized spacial score (nSPS) is 21.9. The standard InChI is InChI=1S/C13H18ClFN2/c1-10-9-16(2)6-7-17(10)13-5-3-4-12(15)11(13)8-14/h3-5,10H,6-9H2,1-2H3. The van der Waals surface area contributed by atoms with Gasteiger partial charge in [-0.25, -0.2) is 4.39 Å². The molecule has 0 spiro atoms. The van der Waals surface area contributed by atoms with Crippen LogP contribution < -0.4 is 4.90 Å². The number of hydrogen-bond donors (Lipinski definition) is 0. The summed E-state index contributed by atoms with van der Waals surface area (Å²) in [5.41, 5.74) is 1.56. The minimum Gasteiger partial charge on any atom is -0.366 e. The Balaban J connectivity index is 2.30. The third-order valence-corrected chi connectivity index (χ3v) is 3.64. The molecule has 0 aromatic heterocycles. The van der Waals surface area contributed by atoms with Gasteiger partial charge in [0.25, 0.3) is 0 Å². The summed E-state index contributed by atoms with van der Waals surface area (Å²) < 4.78 is 13.7. The van der Waals surface area contributed by atoms with E-state index in [1.807, 2.05) is 6.07 Å². The third-order valence-electron chi connectivity index (χ3n) is 3.37. The van der Waals surface area contributed by atoms with Crippen LogP contribution in [0.5, 0.6) is 0 Å². The van der Waals surface area contributed by atoms with E-state index in [-0.39, 0.29) is 11.7 Å². The van der Waals surface area contributed by atoms with E-state index in [4.69, 9.17) is 11.6 Å². The molecule has 1 fully saturated rings. The number of benzene rings is 1. The van der Waals surface area contributed by atoms with Gasteiger partial charge in [0.05, 0.1) is 5.88 Å². The number of rotatable bonds is 2. The smallest absolute Gasteiger partial charge is 0.129 e. The second kappa shape index (κ2) is 5.23. The number of piperazine rings is 1. The highest BCUT2D eigenvalue weighted by Crippen LogP contribution is 2.27. The molecule has 1 unspecified atom stereocenters. The van der Waals surface area contributed by atoms with Gasteiger partial charge in [0.15, 0.2) is 0 Å². The molecule has 1 saturated heterocycles. The van der Waals surface area contributed by atoms with E-state index in [2.05, 4.69) is 23.8 Å². The highest BCUT2D eigenvalue weighted by Gasteiger charge is 2.24. The van der Waals surface area contributed by atoms with Crippen molar-refractivity contribution in [3.8, 4) is 0 Å². The predicted molar refractivity (Wildman–Crippen MR) is 70.3 cm³/mol. The highest BCUT2D eigenvalue weighted by molar-refractivity contribution is 6.17. The molecule has 0 N–H and O–H groups in total. The summed E-state index contributed by atoms with van der Waals surface area (Å²) in [5.74, 6) is 0.0183. The average Bonchev–Trinajstić information content (AvgIpc) is 2.29. The molecule has 1 atom stereocenters. The summed E-state index contributed by atoms with van der Waals surface area (Å²) in [6, 6.07) is 5.58. The molecule has 0 radical (unpaired) electrons. The van der Waals surface area contributed by atoms with Gasteiger partial charge >= 0.3 is 0 Å². The van der Waals surface area contributed by atoms with E-state index in [0.717, 1.165) is 25.3 Å². The van der Waals surface area contributed by atoms with Gasteiger partial charge in [-0.3, -0.25) is 0 Å². The summed E-state index contributed by atoms with van der Waals surface area (Å²) in [6.07, 6.45) is 0. The van der Waals surface area contributed by atoms with Crippen LogP contribution in [0.25, 0.3) is 0 Å². The van der Waals surface area contributed by atoms with E-state index in [0.29, 0.717) is 11.6 Å². The largest absolute Gasteiger partial charge is 0.366 e. The van der Waals surface area contributed by atoms with Crippen LogP contribution in [0.1, 0.15) is 12.5 Å². The van der Waals surface area contributed by atoms with E-state index in [1.54, 1.807) is 6.07 Å². The first kappa shape index (κ1) is 12.7. The van der Waals surface area contributed by atoms with Crippen LogP contribution in [0.3, 0.4) is 0 Å². The maximum atomic E-state index is 13.7. The molecule has 1 heterocycles. The quantitative estimate of drug-likeness (QED) is 0.751. The van der Waals surface area contributed by atoms with Gasteiger partial charge in [0.2, 0.25) is 0 Å². The summed E-state index contributed by atoms with van der Waals surface area (Å²) >= 11 is 5.86. The van der Waals surface area contributed by atoms with Crippen molar-refractivity contribution in [2.24, 2.45) is 0 Å². The Morgan fingerprint density at radius 3 is 2.82 bits per heavy atom. The van der Waals surface area contributed by atoms with Crippen LogP contribution in [-0.4, -0.2) is 37.6 Å². The van der Waals surface area contributed by atoms with Gasteiger partial charge in [-0.05, 0) is 26.1 Å². The van der Waals surface area contributed by atoms with E-state index in [1.165, 1.54) is 6.07 Å². The zero-order chi connectivity index (χ0) is 12.4. The molecule has 0 aliphatic carbocycles. The predicted octanol–water partition coefficient (Wildman–Crippen LogP) is 2.70. The van der Waals surface area contributed by atoms with Gasteiger partial charge in [0, 0.05) is 36.9 Å². The minimum absolute atomic E-state index is 0.205. The molecule has 4 heteroatoms. The van der Waals surface area contributed by atoms with Gasteiger partial charge in [-0.1, -0.05) is 6.07 Å². The maximum absolute atomic E-state index is 13.7. The van der Waals surface area contributed by atoms with Crippen molar-refractivity contribution in [3.05, 3.63) is 29.6 Å². The Hall–Kier alpha value is -0.800. The Bertz CT molecular complexity index is 397. The Morgan fingerprint density at radius 2 is 2.18 bits per heavy atom. The lowest BCUT2D eigenvalue weighted by Gasteiger charge is -2.40. The Morgan fingerprint density at radius 1 is 1.41 bits per heavy atom. The van der Waals surface area contributed by atoms with Gasteiger partial charge in [-0.15, -0.1) is 11.6 Å². The lowest BCUT2D eigenvalue weighted by atomic mass is 10.1. The fraction of sp³-hybridized carbons (Fsp3) is 0.538. The van der Waals surface area contributed by atoms with Crippen molar-refractivity contribution in [1.29, 1.82) is 0 Å². The molecule has 94 valence electrons. The van der Waals surface area contributed by atoms with E-state index >= 15 is 0 Å². The average molecular weight is 257 g/mol. The van der Waals surface area contributed by atoms with E-state index in [9.17, 15) is 4.39 Å². The Kier molecular flexibility index (Phi) is 3.89. The molecule has 2 nitrogen and oxygen atoms in total. The molecule has 17 heavy (non-hydrogen) atoms. The van der Waals surface area contributed by atoms with Crippen molar-refractivity contribution in [2.75, 3.05) is 31.6 Å². The topological polar surface area (TPSA) is 6.48 Å². The zero-order valence-corrected chi connectivity index (χ0v) is 11.0. The Labute approximate surface area is 107 Å². The number of alkyl halides is 1. The lowest BCUT2D eigenvalue weighted by molar-refractivity contribution is 0.275. The summed E-state index contributed by atoms with van der Waals surface area (Å²) in [4.78, 5) is 4.54. The zero-order valence-electron chi connectivity index (χ0n) is 10.3. The first-order chi connectivity index (χ1) is 8.13. The molecule has 1 aromatic rings. The van der Waals surface area contributed by atoms with Crippen LogP contribution in [0.2, 0.25) is 0 Å². The van der Waals surface area contributed by atoms with Crippen molar-refractivity contribution in [2.45, 2.75) is 18.8 Å². The van der Waals surface area contributed by atoms with Crippen LogP contribution in [-0.2, 0) is 5.88 Å². The van der Waals surface area contributed by atoms with Crippen LogP contribution in [0.15, 0.2) is 18.2 Å². The second-order valence-corrected chi connectivity index (χ2v) is 4.94. The maximum Gasteiger partial charge on any atom is 0.129 e. The summed E-state index contributed by atoms with van der Waals surface area (Å²) in [7, 11) is 2.11. The summed E-state index contributed by atoms with van der Waals surface area (Å²) in [6.45, 7) is 5.09. The van der Waals surface area contributed by atoms with Gasteiger partial charge in [-0.2, -0.15) is 0 Å². The van der Waals surface area contributed by atoms with Crippen molar-refractivity contribution in [1.82, 2.24) is 4.90 Å². The molecule has 1 aliphatic rings. The molecule has 2 rings (SSSR count). The summed E-state index contributed by atoms with van der Waals surface area (Å²) in [5, 5.41) is 0. The number of anilines is 1. The fourth-order valence-electron chi connectivity index (χ4n) is 2.45. The molecular formula is C13H18ClFN2. The van der Waals surface area contributed by atoms with Crippen molar-refractivity contribution >= 4 is 17.3 Å². The van der Waals surface area contributed by atoms with Crippen molar-refractivity contribution in [3.63, 3.8) is 0 Å². The number of halogens is 2. The third kappa shape index (κ3) is 2.55. The SMILES string of the molecule is CC1CN(C)CCN1c1cccc(F)c1CCl. The highest BCUT2D eigenvalue weighted by atomic mass is 35.5. The number of likely N-dealkylation sites (N-methyl/N-ethyl adjacent to an activating group) is 1. The van der Waals surface area contributed by atoms with Gasteiger partial charge in [0.1, 0.15) is 5.82 Å². The molecule has 0 bridgehead atoms. The number of hydrogen-bond acceptors (Lipinski definition) is 2. The molecular weight excluding hydrogens is 239 g/mol. The fourth-order valence-corrected chi connectivity index (χ4v) is 2.71. The van der Waals surface area contributed by atoms with Crippen molar-refractivity contribution < 1.29 is 4.39 Å². The number of nitrogens with zero attached hydrogens (tertiary/aromatic N) is 2. The monoisotopic (exact) mass is 256 g/mol. The first-order valence-corrected chi connectivity index (χ1v) is 6.45. The molecule has 1 aromatic carbocycles. The molecule has 0 amide bonds. The second-order valence-electron chi connectivity index (χ2n) is 4.68. The molecule has 0 saturated carbocycles. The van der Waals surface area contributed by atoms with Crippen LogP contribution in [0.4, 0.5) is 10.1 Å². The minimum atomic E-state index is -0.205. The lowest BCUT2D eigenvalue weighted by Crippen LogP contribution is -2.50. The van der Waals surface area contributed by atoms with E-state index < -0.39 is 0 Å². The van der Waals surface area contributed by atoms with Crippen LogP contribution >= 0.6 is 11.6 Å².